The highest BCUT2D eigenvalue weighted by Crippen LogP contribution is 2.26. The van der Waals surface area contributed by atoms with Crippen molar-refractivity contribution < 1.29 is 4.92 Å². The Bertz CT molecular complexity index is 645. The van der Waals surface area contributed by atoms with Gasteiger partial charge in [-0.3, -0.25) is 10.1 Å². The maximum atomic E-state index is 10.6. The number of non-ortho nitro benzene ring substituents is 1. The van der Waals surface area contributed by atoms with Crippen LogP contribution < -0.4 is 5.32 Å². The molecule has 0 radical (unpaired) electrons. The molecular formula is C11H8N4O2S. The number of aryl methyl sites for hydroxylation is 1. The summed E-state index contributed by atoms with van der Waals surface area (Å²) in [5.74, 6) is 0. The maximum Gasteiger partial charge on any atom is 0.270 e. The summed E-state index contributed by atoms with van der Waals surface area (Å²) in [6.07, 6.45) is 1.71. The third-order valence-electron chi connectivity index (χ3n) is 2.20. The number of hydrogen-bond acceptors (Lipinski definition) is 6. The molecule has 0 saturated heterocycles. The van der Waals surface area contributed by atoms with Crippen LogP contribution in [-0.2, 0) is 0 Å². The average molecular weight is 260 g/mol. The summed E-state index contributed by atoms with van der Waals surface area (Å²) in [6.45, 7) is 1.92. The molecule has 0 aliphatic carbocycles. The molecule has 0 saturated carbocycles. The molecular weight excluding hydrogens is 252 g/mol. The highest BCUT2D eigenvalue weighted by Gasteiger charge is 2.11. The van der Waals surface area contributed by atoms with Crippen LogP contribution in [-0.4, -0.2) is 9.91 Å². The van der Waals surface area contributed by atoms with Gasteiger partial charge in [0.05, 0.1) is 16.2 Å². The monoisotopic (exact) mass is 260 g/mol. The molecule has 0 unspecified atom stereocenters. The van der Waals surface area contributed by atoms with Gasteiger partial charge in [-0.05, 0) is 13.0 Å². The number of nitro groups is 1. The summed E-state index contributed by atoms with van der Waals surface area (Å²) in [4.78, 5) is 15.2. The molecule has 90 valence electrons. The van der Waals surface area contributed by atoms with Crippen molar-refractivity contribution in [2.24, 2.45) is 0 Å². The largest absolute Gasteiger partial charge is 0.330 e. The van der Waals surface area contributed by atoms with Crippen molar-refractivity contribution in [1.29, 1.82) is 5.26 Å². The number of nitro benzene ring substituents is 1. The first-order chi connectivity index (χ1) is 8.60. The zero-order valence-corrected chi connectivity index (χ0v) is 10.2. The molecule has 0 aliphatic rings. The van der Waals surface area contributed by atoms with Crippen molar-refractivity contribution in [3.63, 3.8) is 0 Å². The number of nitrogens with one attached hydrogen (secondary N) is 1. The van der Waals surface area contributed by atoms with E-state index in [0.717, 1.165) is 4.88 Å². The topological polar surface area (TPSA) is 91.8 Å². The molecule has 0 atom stereocenters. The van der Waals surface area contributed by atoms with Crippen LogP contribution in [0.1, 0.15) is 10.4 Å². The van der Waals surface area contributed by atoms with E-state index in [1.807, 2.05) is 13.0 Å². The van der Waals surface area contributed by atoms with Crippen LogP contribution in [0.2, 0.25) is 0 Å². The van der Waals surface area contributed by atoms with Crippen LogP contribution in [0.15, 0.2) is 24.4 Å². The van der Waals surface area contributed by atoms with E-state index in [9.17, 15) is 10.1 Å². The fraction of sp³-hybridized carbons (Fsp3) is 0.0909. The number of rotatable bonds is 3. The third-order valence-corrected chi connectivity index (χ3v) is 3.03. The van der Waals surface area contributed by atoms with Crippen LogP contribution in [0.5, 0.6) is 0 Å². The van der Waals surface area contributed by atoms with Gasteiger partial charge in [-0.25, -0.2) is 4.98 Å². The molecule has 1 N–H and O–H groups in total. The Morgan fingerprint density at radius 2 is 2.33 bits per heavy atom. The fourth-order valence-corrected chi connectivity index (χ4v) is 2.05. The molecule has 1 aromatic carbocycles. The molecule has 0 fully saturated rings. The van der Waals surface area contributed by atoms with Crippen LogP contribution >= 0.6 is 11.3 Å². The Kier molecular flexibility index (Phi) is 3.21. The Hall–Kier alpha value is -2.46. The van der Waals surface area contributed by atoms with Crippen molar-refractivity contribution in [2.45, 2.75) is 6.92 Å². The van der Waals surface area contributed by atoms with E-state index in [-0.39, 0.29) is 11.3 Å². The first-order valence-electron chi connectivity index (χ1n) is 4.98. The van der Waals surface area contributed by atoms with Crippen molar-refractivity contribution in [3.05, 3.63) is 45.0 Å². The minimum Gasteiger partial charge on any atom is -0.330 e. The van der Waals surface area contributed by atoms with Gasteiger partial charge in [-0.1, -0.05) is 0 Å². The molecule has 7 heteroatoms. The zero-order valence-electron chi connectivity index (χ0n) is 9.38. The summed E-state index contributed by atoms with van der Waals surface area (Å²) < 4.78 is 0. The van der Waals surface area contributed by atoms with E-state index in [4.69, 9.17) is 5.26 Å². The predicted octanol–water partition coefficient (Wildman–Crippen LogP) is 2.98. The molecule has 0 spiro atoms. The Morgan fingerprint density at radius 3 is 2.89 bits per heavy atom. The number of nitrogens with zero attached hydrogens (tertiary/aromatic N) is 3. The van der Waals surface area contributed by atoms with Crippen molar-refractivity contribution in [2.75, 3.05) is 5.32 Å². The standard InChI is InChI=1S/C11H8N4O2S/c1-7-6-13-11(18-7)14-10-3-2-9(15(16)17)4-8(10)5-12/h2-4,6H,1H3,(H,13,14). The van der Waals surface area contributed by atoms with Gasteiger partial charge in [0.1, 0.15) is 6.07 Å². The molecule has 0 bridgehead atoms. The second-order valence-electron chi connectivity index (χ2n) is 3.50. The van der Waals surface area contributed by atoms with Gasteiger partial charge in [0.15, 0.2) is 5.13 Å². The van der Waals surface area contributed by atoms with E-state index in [1.165, 1.54) is 29.5 Å². The molecule has 18 heavy (non-hydrogen) atoms. The lowest BCUT2D eigenvalue weighted by atomic mass is 10.2. The van der Waals surface area contributed by atoms with Gasteiger partial charge >= 0.3 is 0 Å². The van der Waals surface area contributed by atoms with Gasteiger partial charge in [-0.15, -0.1) is 11.3 Å². The normalized spacial score (nSPS) is 9.78. The summed E-state index contributed by atoms with van der Waals surface area (Å²) in [5.41, 5.74) is 0.627. The van der Waals surface area contributed by atoms with Crippen molar-refractivity contribution in [3.8, 4) is 6.07 Å². The lowest BCUT2D eigenvalue weighted by molar-refractivity contribution is -0.384. The smallest absolute Gasteiger partial charge is 0.270 e. The zero-order chi connectivity index (χ0) is 13.1. The van der Waals surface area contributed by atoms with Crippen LogP contribution in [0.4, 0.5) is 16.5 Å². The fourth-order valence-electron chi connectivity index (χ4n) is 1.38. The van der Waals surface area contributed by atoms with Crippen molar-refractivity contribution in [1.82, 2.24) is 4.98 Å². The highest BCUT2D eigenvalue weighted by molar-refractivity contribution is 7.15. The molecule has 2 rings (SSSR count). The van der Waals surface area contributed by atoms with Gasteiger partial charge in [0, 0.05) is 23.2 Å². The first-order valence-corrected chi connectivity index (χ1v) is 5.80. The lowest BCUT2D eigenvalue weighted by Crippen LogP contribution is -1.95. The van der Waals surface area contributed by atoms with E-state index in [2.05, 4.69) is 10.3 Å². The molecule has 0 aliphatic heterocycles. The minimum absolute atomic E-state index is 0.104. The minimum atomic E-state index is -0.530. The molecule has 1 aromatic heterocycles. The average Bonchev–Trinajstić information content (AvgIpc) is 2.75. The molecule has 2 aromatic rings. The van der Waals surface area contributed by atoms with Crippen LogP contribution in [0.25, 0.3) is 0 Å². The van der Waals surface area contributed by atoms with E-state index in [0.29, 0.717) is 10.8 Å². The number of hydrogen-bond donors (Lipinski definition) is 1. The van der Waals surface area contributed by atoms with E-state index in [1.54, 1.807) is 6.20 Å². The van der Waals surface area contributed by atoms with Crippen LogP contribution in [0.3, 0.4) is 0 Å². The first kappa shape index (κ1) is 12.0. The van der Waals surface area contributed by atoms with E-state index < -0.39 is 4.92 Å². The van der Waals surface area contributed by atoms with Gasteiger partial charge in [0.2, 0.25) is 0 Å². The van der Waals surface area contributed by atoms with Crippen molar-refractivity contribution >= 4 is 27.8 Å². The quantitative estimate of drug-likeness (QED) is 0.676. The Morgan fingerprint density at radius 1 is 1.56 bits per heavy atom. The van der Waals surface area contributed by atoms with Crippen LogP contribution in [0, 0.1) is 28.4 Å². The summed E-state index contributed by atoms with van der Waals surface area (Å²) in [6, 6.07) is 6.02. The summed E-state index contributed by atoms with van der Waals surface area (Å²) in [5, 5.41) is 23.2. The number of nitriles is 1. The number of benzene rings is 1. The summed E-state index contributed by atoms with van der Waals surface area (Å²) in [7, 11) is 0. The SMILES string of the molecule is Cc1cnc(Nc2ccc([N+](=O)[O-])cc2C#N)s1. The molecule has 6 nitrogen and oxygen atoms in total. The second kappa shape index (κ2) is 4.81. The second-order valence-corrected chi connectivity index (χ2v) is 4.73. The predicted molar refractivity (Wildman–Crippen MR) is 67.9 cm³/mol. The third kappa shape index (κ3) is 2.44. The molecule has 0 amide bonds. The number of aromatic nitrogens is 1. The number of anilines is 2. The molecule has 1 heterocycles. The maximum absolute atomic E-state index is 10.6. The van der Waals surface area contributed by atoms with Gasteiger partial charge < -0.3 is 5.32 Å². The summed E-state index contributed by atoms with van der Waals surface area (Å²) >= 11 is 1.45. The van der Waals surface area contributed by atoms with E-state index >= 15 is 0 Å². The highest BCUT2D eigenvalue weighted by atomic mass is 32.1. The van der Waals surface area contributed by atoms with Gasteiger partial charge in [0.25, 0.3) is 5.69 Å². The Labute approximate surface area is 107 Å². The lowest BCUT2D eigenvalue weighted by Gasteiger charge is -2.04. The Balaban J connectivity index is 2.34. The number of thiazole rings is 1. The van der Waals surface area contributed by atoms with Gasteiger partial charge in [-0.2, -0.15) is 5.26 Å².